The second kappa shape index (κ2) is 3.71. The Morgan fingerprint density at radius 1 is 1.43 bits per heavy atom. The molecule has 1 saturated heterocycles. The summed E-state index contributed by atoms with van der Waals surface area (Å²) in [5.41, 5.74) is 7.01. The van der Waals surface area contributed by atoms with Gasteiger partial charge in [0.1, 0.15) is 0 Å². The average Bonchev–Trinajstić information content (AvgIpc) is 2.56. The molecule has 5 heteroatoms. The number of carbonyl (C=O) groups is 1. The SMILES string of the molecule is Nc1ccccc1N=C1NC(=O)CS1. The molecule has 1 fully saturated rings. The van der Waals surface area contributed by atoms with Gasteiger partial charge in [-0.05, 0) is 12.1 Å². The van der Waals surface area contributed by atoms with E-state index in [0.717, 1.165) is 0 Å². The van der Waals surface area contributed by atoms with Crippen molar-refractivity contribution in [1.82, 2.24) is 5.32 Å². The smallest absolute Gasteiger partial charge is 0.236 e. The van der Waals surface area contributed by atoms with E-state index < -0.39 is 0 Å². The summed E-state index contributed by atoms with van der Waals surface area (Å²) in [5, 5.41) is 3.27. The molecular weight excluding hydrogens is 198 g/mol. The summed E-state index contributed by atoms with van der Waals surface area (Å²) in [5.74, 6) is 0.425. The van der Waals surface area contributed by atoms with Gasteiger partial charge in [-0.3, -0.25) is 4.79 Å². The van der Waals surface area contributed by atoms with Crippen LogP contribution < -0.4 is 11.1 Å². The lowest BCUT2D eigenvalue weighted by Gasteiger charge is -1.99. The Balaban J connectivity index is 2.25. The highest BCUT2D eigenvalue weighted by atomic mass is 32.2. The van der Waals surface area contributed by atoms with Crippen LogP contribution in [-0.4, -0.2) is 16.8 Å². The van der Waals surface area contributed by atoms with E-state index in [-0.39, 0.29) is 5.91 Å². The molecule has 0 spiro atoms. The lowest BCUT2D eigenvalue weighted by atomic mass is 10.3. The number of thioether (sulfide) groups is 1. The fraction of sp³-hybridized carbons (Fsp3) is 0.111. The van der Waals surface area contributed by atoms with Crippen LogP contribution >= 0.6 is 11.8 Å². The van der Waals surface area contributed by atoms with Crippen LogP contribution in [0.3, 0.4) is 0 Å². The van der Waals surface area contributed by atoms with E-state index in [2.05, 4.69) is 10.3 Å². The highest BCUT2D eigenvalue weighted by Crippen LogP contribution is 2.23. The van der Waals surface area contributed by atoms with Gasteiger partial charge >= 0.3 is 0 Å². The Kier molecular flexibility index (Phi) is 2.41. The monoisotopic (exact) mass is 207 g/mol. The number of nitrogens with two attached hydrogens (primary N) is 1. The highest BCUT2D eigenvalue weighted by Gasteiger charge is 2.16. The fourth-order valence-corrected chi connectivity index (χ4v) is 1.77. The predicted molar refractivity (Wildman–Crippen MR) is 58.6 cm³/mol. The number of amides is 1. The van der Waals surface area contributed by atoms with Gasteiger partial charge in [-0.15, -0.1) is 0 Å². The molecule has 0 aliphatic carbocycles. The Morgan fingerprint density at radius 3 is 2.86 bits per heavy atom. The van der Waals surface area contributed by atoms with Crippen LogP contribution in [0.4, 0.5) is 11.4 Å². The molecule has 4 nitrogen and oxygen atoms in total. The third-order valence-corrected chi connectivity index (χ3v) is 2.62. The number of amidine groups is 1. The number of para-hydroxylation sites is 2. The van der Waals surface area contributed by atoms with E-state index in [4.69, 9.17) is 5.73 Å². The summed E-state index contributed by atoms with van der Waals surface area (Å²) < 4.78 is 0. The minimum atomic E-state index is -0.0109. The first-order valence-electron chi connectivity index (χ1n) is 4.11. The van der Waals surface area contributed by atoms with E-state index in [1.54, 1.807) is 6.07 Å². The maximum Gasteiger partial charge on any atom is 0.236 e. The molecule has 1 heterocycles. The standard InChI is InChI=1S/C9H9N3OS/c10-6-3-1-2-4-7(6)11-9-12-8(13)5-14-9/h1-4H,5,10H2,(H,11,12,13). The molecule has 1 aliphatic heterocycles. The first kappa shape index (κ1) is 9.08. The van der Waals surface area contributed by atoms with Crippen LogP contribution in [0.25, 0.3) is 0 Å². The number of nitrogen functional groups attached to an aromatic ring is 1. The Labute approximate surface area is 85.6 Å². The van der Waals surface area contributed by atoms with Crippen LogP contribution in [0.5, 0.6) is 0 Å². The van der Waals surface area contributed by atoms with Crippen LogP contribution in [0.15, 0.2) is 29.3 Å². The zero-order chi connectivity index (χ0) is 9.97. The zero-order valence-corrected chi connectivity index (χ0v) is 8.17. The molecule has 0 radical (unpaired) electrons. The number of aliphatic imine (C=N–C) groups is 1. The molecular formula is C9H9N3OS. The summed E-state index contributed by atoms with van der Waals surface area (Å²) >= 11 is 1.39. The Hall–Kier alpha value is -1.49. The first-order chi connectivity index (χ1) is 6.75. The molecule has 14 heavy (non-hydrogen) atoms. The van der Waals surface area contributed by atoms with Crippen molar-refractivity contribution in [3.8, 4) is 0 Å². The minimum Gasteiger partial charge on any atom is -0.397 e. The van der Waals surface area contributed by atoms with E-state index in [0.29, 0.717) is 22.3 Å². The van der Waals surface area contributed by atoms with Gasteiger partial charge in [-0.1, -0.05) is 23.9 Å². The number of anilines is 1. The van der Waals surface area contributed by atoms with Crippen molar-refractivity contribution in [3.63, 3.8) is 0 Å². The molecule has 3 N–H and O–H groups in total. The predicted octanol–water partition coefficient (Wildman–Crippen LogP) is 1.12. The van der Waals surface area contributed by atoms with Crippen LogP contribution in [-0.2, 0) is 4.79 Å². The normalized spacial score (nSPS) is 18.6. The average molecular weight is 207 g/mol. The summed E-state index contributed by atoms with van der Waals surface area (Å²) in [7, 11) is 0. The molecule has 0 atom stereocenters. The number of nitrogens with one attached hydrogen (secondary N) is 1. The van der Waals surface area contributed by atoms with Gasteiger partial charge in [0.15, 0.2) is 5.17 Å². The van der Waals surface area contributed by atoms with Gasteiger partial charge in [0, 0.05) is 0 Å². The van der Waals surface area contributed by atoms with Gasteiger partial charge in [0.2, 0.25) is 5.91 Å². The molecule has 0 saturated carbocycles. The maximum absolute atomic E-state index is 10.9. The number of carbonyl (C=O) groups excluding carboxylic acids is 1. The second-order valence-electron chi connectivity index (χ2n) is 2.81. The summed E-state index contributed by atoms with van der Waals surface area (Å²) in [6, 6.07) is 7.30. The van der Waals surface area contributed by atoms with Gasteiger partial charge in [-0.2, -0.15) is 0 Å². The Morgan fingerprint density at radius 2 is 2.21 bits per heavy atom. The lowest BCUT2D eigenvalue weighted by molar-refractivity contribution is -0.116. The second-order valence-corrected chi connectivity index (χ2v) is 3.78. The van der Waals surface area contributed by atoms with Crippen LogP contribution in [0.1, 0.15) is 0 Å². The van der Waals surface area contributed by atoms with Crippen molar-refractivity contribution in [2.75, 3.05) is 11.5 Å². The molecule has 0 bridgehead atoms. The van der Waals surface area contributed by atoms with Crippen molar-refractivity contribution >= 4 is 34.2 Å². The zero-order valence-electron chi connectivity index (χ0n) is 7.36. The van der Waals surface area contributed by atoms with Gasteiger partial charge in [0.05, 0.1) is 17.1 Å². The van der Waals surface area contributed by atoms with Gasteiger partial charge in [0.25, 0.3) is 0 Å². The molecule has 1 aliphatic rings. The summed E-state index contributed by atoms with van der Waals surface area (Å²) in [6.07, 6.45) is 0. The van der Waals surface area contributed by atoms with Crippen molar-refractivity contribution in [2.45, 2.75) is 0 Å². The third-order valence-electron chi connectivity index (χ3n) is 1.75. The fourth-order valence-electron chi connectivity index (χ4n) is 1.08. The molecule has 0 aromatic heterocycles. The van der Waals surface area contributed by atoms with E-state index in [1.165, 1.54) is 11.8 Å². The largest absolute Gasteiger partial charge is 0.397 e. The number of hydrogen-bond acceptors (Lipinski definition) is 4. The number of hydrogen-bond donors (Lipinski definition) is 2. The van der Waals surface area contributed by atoms with E-state index >= 15 is 0 Å². The molecule has 1 amide bonds. The van der Waals surface area contributed by atoms with Gasteiger partial charge < -0.3 is 11.1 Å². The van der Waals surface area contributed by atoms with Crippen molar-refractivity contribution in [3.05, 3.63) is 24.3 Å². The van der Waals surface area contributed by atoms with Gasteiger partial charge in [-0.25, -0.2) is 4.99 Å². The van der Waals surface area contributed by atoms with Crippen LogP contribution in [0.2, 0.25) is 0 Å². The minimum absolute atomic E-state index is 0.0109. The van der Waals surface area contributed by atoms with Crippen LogP contribution in [0, 0.1) is 0 Å². The molecule has 2 rings (SSSR count). The van der Waals surface area contributed by atoms with E-state index in [9.17, 15) is 4.79 Å². The summed E-state index contributed by atoms with van der Waals surface area (Å²) in [4.78, 5) is 15.1. The first-order valence-corrected chi connectivity index (χ1v) is 5.10. The van der Waals surface area contributed by atoms with Crippen molar-refractivity contribution in [1.29, 1.82) is 0 Å². The molecule has 72 valence electrons. The number of rotatable bonds is 1. The van der Waals surface area contributed by atoms with E-state index in [1.807, 2.05) is 18.2 Å². The lowest BCUT2D eigenvalue weighted by Crippen LogP contribution is -2.19. The molecule has 0 unspecified atom stereocenters. The Bertz CT molecular complexity index is 403. The number of benzene rings is 1. The summed E-state index contributed by atoms with van der Waals surface area (Å²) in [6.45, 7) is 0. The maximum atomic E-state index is 10.9. The van der Waals surface area contributed by atoms with Crippen molar-refractivity contribution in [2.24, 2.45) is 4.99 Å². The topological polar surface area (TPSA) is 67.5 Å². The molecule has 1 aromatic carbocycles. The van der Waals surface area contributed by atoms with Crippen molar-refractivity contribution < 1.29 is 4.79 Å². The third kappa shape index (κ3) is 1.88. The highest BCUT2D eigenvalue weighted by molar-refractivity contribution is 8.15. The number of nitrogens with zero attached hydrogens (tertiary/aromatic N) is 1. The quantitative estimate of drug-likeness (QED) is 0.678. The molecule has 1 aromatic rings.